The van der Waals surface area contributed by atoms with Gasteiger partial charge in [0.05, 0.1) is 10.7 Å². The van der Waals surface area contributed by atoms with Crippen molar-refractivity contribution in [3.63, 3.8) is 0 Å². The Kier molecular flexibility index (Phi) is 3.57. The van der Waals surface area contributed by atoms with Crippen molar-refractivity contribution in [3.05, 3.63) is 57.8 Å². The molecular weight excluding hydrogens is 358 g/mol. The van der Waals surface area contributed by atoms with E-state index in [0.29, 0.717) is 16.4 Å². The van der Waals surface area contributed by atoms with Crippen LogP contribution < -0.4 is 5.32 Å². The summed E-state index contributed by atoms with van der Waals surface area (Å²) in [6.07, 6.45) is 1.65. The lowest BCUT2D eigenvalue weighted by atomic mass is 10.3. The first kappa shape index (κ1) is 13.9. The molecule has 3 aromatic rings. The van der Waals surface area contributed by atoms with Gasteiger partial charge in [0.25, 0.3) is 0 Å². The number of carboxylic acid groups (broad SMARTS) is 1. The van der Waals surface area contributed by atoms with Gasteiger partial charge in [-0.1, -0.05) is 33.6 Å². The Morgan fingerprint density at radius 2 is 2.14 bits per heavy atom. The number of aromatic carboxylic acids is 1. The molecule has 0 fully saturated rings. The first-order chi connectivity index (χ1) is 10.1. The molecule has 2 aromatic heterocycles. The highest BCUT2D eigenvalue weighted by Crippen LogP contribution is 2.30. The molecular formula is C14H9BrClN3O2. The van der Waals surface area contributed by atoms with Gasteiger partial charge in [-0.15, -0.1) is 0 Å². The maximum absolute atomic E-state index is 11.5. The third-order valence-electron chi connectivity index (χ3n) is 2.91. The quantitative estimate of drug-likeness (QED) is 0.729. The van der Waals surface area contributed by atoms with Gasteiger partial charge in [-0.2, -0.15) is 0 Å². The molecule has 0 unspecified atom stereocenters. The minimum atomic E-state index is -1.07. The highest BCUT2D eigenvalue weighted by molar-refractivity contribution is 9.10. The summed E-state index contributed by atoms with van der Waals surface area (Å²) >= 11 is 9.46. The third kappa shape index (κ3) is 2.59. The highest BCUT2D eigenvalue weighted by atomic mass is 79.9. The Balaban J connectivity index is 2.14. The second-order valence-corrected chi connectivity index (χ2v) is 5.62. The molecule has 2 heterocycles. The van der Waals surface area contributed by atoms with Crippen LogP contribution in [0.4, 0.5) is 11.5 Å². The summed E-state index contributed by atoms with van der Waals surface area (Å²) < 4.78 is 2.34. The smallest absolute Gasteiger partial charge is 0.356 e. The average molecular weight is 367 g/mol. The molecule has 3 rings (SSSR count). The van der Waals surface area contributed by atoms with E-state index in [0.717, 1.165) is 4.47 Å². The first-order valence-corrected chi connectivity index (χ1v) is 7.16. The number of fused-ring (bicyclic) bond motifs is 1. The zero-order chi connectivity index (χ0) is 15.0. The molecule has 0 bridgehead atoms. The van der Waals surface area contributed by atoms with Gasteiger partial charge in [-0.25, -0.2) is 9.78 Å². The van der Waals surface area contributed by atoms with E-state index < -0.39 is 5.97 Å². The number of hydrogen-bond acceptors (Lipinski definition) is 3. The van der Waals surface area contributed by atoms with Crippen molar-refractivity contribution in [2.75, 3.05) is 5.32 Å². The van der Waals surface area contributed by atoms with E-state index in [1.807, 2.05) is 0 Å². The van der Waals surface area contributed by atoms with Crippen LogP contribution in [-0.4, -0.2) is 20.5 Å². The lowest BCUT2D eigenvalue weighted by Crippen LogP contribution is -2.05. The monoisotopic (exact) mass is 365 g/mol. The van der Waals surface area contributed by atoms with Gasteiger partial charge in [0.15, 0.2) is 11.5 Å². The normalized spacial score (nSPS) is 10.8. The zero-order valence-electron chi connectivity index (χ0n) is 10.5. The fraction of sp³-hybridized carbons (Fsp3) is 0. The SMILES string of the molecule is O=C(O)c1c(Nc2cc(Br)ccc2Cl)nc2ccccn12. The molecule has 0 radical (unpaired) electrons. The number of carbonyl (C=O) groups is 1. The number of anilines is 2. The minimum Gasteiger partial charge on any atom is -0.476 e. The number of rotatable bonds is 3. The Morgan fingerprint density at radius 1 is 1.33 bits per heavy atom. The van der Waals surface area contributed by atoms with Gasteiger partial charge in [-0.05, 0) is 30.3 Å². The summed E-state index contributed by atoms with van der Waals surface area (Å²) in [4.78, 5) is 15.8. The van der Waals surface area contributed by atoms with Gasteiger partial charge >= 0.3 is 5.97 Å². The average Bonchev–Trinajstić information content (AvgIpc) is 2.80. The third-order valence-corrected chi connectivity index (χ3v) is 3.74. The number of imidazole rings is 1. The van der Waals surface area contributed by atoms with Crippen LogP contribution in [0.15, 0.2) is 47.1 Å². The van der Waals surface area contributed by atoms with E-state index in [-0.39, 0.29) is 11.5 Å². The summed E-state index contributed by atoms with van der Waals surface area (Å²) in [6, 6.07) is 10.6. The van der Waals surface area contributed by atoms with Crippen molar-refractivity contribution in [1.82, 2.24) is 9.38 Å². The second-order valence-electron chi connectivity index (χ2n) is 4.29. The molecule has 2 N–H and O–H groups in total. The van der Waals surface area contributed by atoms with Crippen LogP contribution >= 0.6 is 27.5 Å². The summed E-state index contributed by atoms with van der Waals surface area (Å²) in [6.45, 7) is 0. The number of pyridine rings is 1. The predicted molar refractivity (Wildman–Crippen MR) is 84.6 cm³/mol. The van der Waals surface area contributed by atoms with Crippen LogP contribution in [0.25, 0.3) is 5.65 Å². The van der Waals surface area contributed by atoms with E-state index in [4.69, 9.17) is 11.6 Å². The van der Waals surface area contributed by atoms with Crippen molar-refractivity contribution in [2.45, 2.75) is 0 Å². The van der Waals surface area contributed by atoms with Crippen molar-refractivity contribution in [3.8, 4) is 0 Å². The molecule has 0 saturated heterocycles. The fourth-order valence-electron chi connectivity index (χ4n) is 2.01. The lowest BCUT2D eigenvalue weighted by Gasteiger charge is -2.07. The number of carboxylic acids is 1. The molecule has 5 nitrogen and oxygen atoms in total. The summed E-state index contributed by atoms with van der Waals surface area (Å²) in [5, 5.41) is 12.9. The lowest BCUT2D eigenvalue weighted by molar-refractivity contribution is 0.0690. The number of aromatic nitrogens is 2. The van der Waals surface area contributed by atoms with E-state index in [9.17, 15) is 9.90 Å². The van der Waals surface area contributed by atoms with E-state index in [2.05, 4.69) is 26.2 Å². The van der Waals surface area contributed by atoms with Crippen molar-refractivity contribution < 1.29 is 9.90 Å². The highest BCUT2D eigenvalue weighted by Gasteiger charge is 2.19. The largest absolute Gasteiger partial charge is 0.476 e. The van der Waals surface area contributed by atoms with Gasteiger partial charge < -0.3 is 10.4 Å². The maximum atomic E-state index is 11.5. The molecule has 7 heteroatoms. The predicted octanol–water partition coefficient (Wildman–Crippen LogP) is 4.19. The van der Waals surface area contributed by atoms with Crippen LogP contribution in [0, 0.1) is 0 Å². The summed E-state index contributed by atoms with van der Waals surface area (Å²) in [5.74, 6) is -0.823. The summed E-state index contributed by atoms with van der Waals surface area (Å²) in [7, 11) is 0. The number of nitrogens with one attached hydrogen (secondary N) is 1. The Labute approximate surface area is 133 Å². The van der Waals surface area contributed by atoms with Gasteiger partial charge in [0.2, 0.25) is 0 Å². The zero-order valence-corrected chi connectivity index (χ0v) is 12.9. The second kappa shape index (κ2) is 5.38. The number of nitrogens with zero attached hydrogens (tertiary/aromatic N) is 2. The number of halogens is 2. The van der Waals surface area contributed by atoms with Gasteiger partial charge in [-0.3, -0.25) is 4.40 Å². The van der Waals surface area contributed by atoms with Crippen LogP contribution in [0.1, 0.15) is 10.5 Å². The Morgan fingerprint density at radius 3 is 2.90 bits per heavy atom. The van der Waals surface area contributed by atoms with E-state index in [1.54, 1.807) is 42.6 Å². The summed E-state index contributed by atoms with van der Waals surface area (Å²) in [5.41, 5.74) is 1.18. The van der Waals surface area contributed by atoms with Crippen LogP contribution in [0.3, 0.4) is 0 Å². The molecule has 0 spiro atoms. The number of hydrogen-bond donors (Lipinski definition) is 2. The number of benzene rings is 1. The molecule has 0 aliphatic carbocycles. The first-order valence-electron chi connectivity index (χ1n) is 5.99. The van der Waals surface area contributed by atoms with Crippen molar-refractivity contribution in [2.24, 2.45) is 0 Å². The Hall–Kier alpha value is -2.05. The fourth-order valence-corrected chi connectivity index (χ4v) is 2.53. The molecule has 21 heavy (non-hydrogen) atoms. The van der Waals surface area contributed by atoms with Crippen molar-refractivity contribution in [1.29, 1.82) is 0 Å². The molecule has 1 aromatic carbocycles. The van der Waals surface area contributed by atoms with Gasteiger partial charge in [0.1, 0.15) is 5.65 Å². The topological polar surface area (TPSA) is 66.6 Å². The van der Waals surface area contributed by atoms with E-state index >= 15 is 0 Å². The van der Waals surface area contributed by atoms with E-state index in [1.165, 1.54) is 4.40 Å². The molecule has 0 aliphatic heterocycles. The molecule has 0 aliphatic rings. The molecule has 0 saturated carbocycles. The minimum absolute atomic E-state index is 0.0571. The van der Waals surface area contributed by atoms with Crippen LogP contribution in [0.2, 0.25) is 5.02 Å². The van der Waals surface area contributed by atoms with Crippen molar-refractivity contribution >= 4 is 50.7 Å². The van der Waals surface area contributed by atoms with Crippen LogP contribution in [0.5, 0.6) is 0 Å². The van der Waals surface area contributed by atoms with Gasteiger partial charge in [0, 0.05) is 10.7 Å². The Bertz CT molecular complexity index is 847. The molecule has 0 amide bonds. The maximum Gasteiger partial charge on any atom is 0.356 e. The van der Waals surface area contributed by atoms with Crippen LogP contribution in [-0.2, 0) is 0 Å². The molecule has 0 atom stereocenters. The molecule has 106 valence electrons. The standard InChI is InChI=1S/C14H9BrClN3O2/c15-8-4-5-9(16)10(7-8)17-13-12(14(20)21)19-6-2-1-3-11(19)18-13/h1-7,17H,(H,20,21).